The SMILES string of the molecule is CCSc1nnc2c3cc(Br)ccc3n(C)c2n1. The van der Waals surface area contributed by atoms with Crippen LogP contribution in [-0.4, -0.2) is 25.5 Å². The molecule has 6 heteroatoms. The van der Waals surface area contributed by atoms with E-state index in [2.05, 4.69) is 54.7 Å². The number of halogens is 1. The second-order valence-corrected chi connectivity index (χ2v) is 6.07. The Morgan fingerprint density at radius 1 is 1.33 bits per heavy atom. The molecule has 0 radical (unpaired) electrons. The van der Waals surface area contributed by atoms with E-state index in [0.717, 1.165) is 37.4 Å². The molecule has 1 aromatic carbocycles. The van der Waals surface area contributed by atoms with Crippen molar-refractivity contribution in [1.82, 2.24) is 19.7 Å². The summed E-state index contributed by atoms with van der Waals surface area (Å²) in [5, 5.41) is 10.3. The Hall–Kier alpha value is -1.14. The molecule has 0 unspecified atom stereocenters. The van der Waals surface area contributed by atoms with Crippen LogP contribution in [0.3, 0.4) is 0 Å². The van der Waals surface area contributed by atoms with E-state index in [9.17, 15) is 0 Å². The Morgan fingerprint density at radius 3 is 2.94 bits per heavy atom. The molecule has 92 valence electrons. The summed E-state index contributed by atoms with van der Waals surface area (Å²) >= 11 is 5.09. The van der Waals surface area contributed by atoms with E-state index in [1.165, 1.54) is 0 Å². The zero-order chi connectivity index (χ0) is 12.7. The molecule has 2 aromatic heterocycles. The van der Waals surface area contributed by atoms with Crippen molar-refractivity contribution in [3.63, 3.8) is 0 Å². The van der Waals surface area contributed by atoms with Crippen molar-refractivity contribution >= 4 is 49.8 Å². The van der Waals surface area contributed by atoms with Crippen LogP contribution in [-0.2, 0) is 7.05 Å². The summed E-state index contributed by atoms with van der Waals surface area (Å²) in [5.74, 6) is 0.947. The summed E-state index contributed by atoms with van der Waals surface area (Å²) in [5.41, 5.74) is 2.86. The summed E-state index contributed by atoms with van der Waals surface area (Å²) in [6.45, 7) is 2.08. The van der Waals surface area contributed by atoms with Gasteiger partial charge in [0.15, 0.2) is 5.65 Å². The van der Waals surface area contributed by atoms with Gasteiger partial charge in [-0.1, -0.05) is 34.6 Å². The van der Waals surface area contributed by atoms with Crippen molar-refractivity contribution in [2.24, 2.45) is 7.05 Å². The van der Waals surface area contributed by atoms with Crippen molar-refractivity contribution in [1.29, 1.82) is 0 Å². The summed E-state index contributed by atoms with van der Waals surface area (Å²) < 4.78 is 3.10. The maximum Gasteiger partial charge on any atom is 0.211 e. The average molecular weight is 323 g/mol. The first kappa shape index (κ1) is 11.9. The molecule has 0 bridgehead atoms. The monoisotopic (exact) mass is 322 g/mol. The first-order valence-electron chi connectivity index (χ1n) is 5.62. The zero-order valence-corrected chi connectivity index (χ0v) is 12.4. The number of benzene rings is 1. The molecule has 2 heterocycles. The number of fused-ring (bicyclic) bond motifs is 3. The molecule has 0 aliphatic heterocycles. The highest BCUT2D eigenvalue weighted by atomic mass is 79.9. The summed E-state index contributed by atoms with van der Waals surface area (Å²) in [7, 11) is 2.01. The number of hydrogen-bond donors (Lipinski definition) is 0. The molecule has 0 N–H and O–H groups in total. The van der Waals surface area contributed by atoms with Crippen LogP contribution in [0, 0.1) is 0 Å². The molecule has 0 fully saturated rings. The quantitative estimate of drug-likeness (QED) is 0.678. The lowest BCUT2D eigenvalue weighted by Crippen LogP contribution is -1.95. The van der Waals surface area contributed by atoms with E-state index in [1.807, 2.05) is 13.1 Å². The van der Waals surface area contributed by atoms with Crippen LogP contribution < -0.4 is 0 Å². The van der Waals surface area contributed by atoms with Gasteiger partial charge in [0.1, 0.15) is 5.52 Å². The van der Waals surface area contributed by atoms with Gasteiger partial charge < -0.3 is 4.57 Å². The normalized spacial score (nSPS) is 11.5. The summed E-state index contributed by atoms with van der Waals surface area (Å²) in [4.78, 5) is 4.57. The largest absolute Gasteiger partial charge is 0.327 e. The van der Waals surface area contributed by atoms with E-state index in [1.54, 1.807) is 11.8 Å². The van der Waals surface area contributed by atoms with Crippen LogP contribution in [0.4, 0.5) is 0 Å². The van der Waals surface area contributed by atoms with Gasteiger partial charge in [-0.3, -0.25) is 0 Å². The van der Waals surface area contributed by atoms with Gasteiger partial charge in [-0.2, -0.15) is 0 Å². The topological polar surface area (TPSA) is 43.6 Å². The van der Waals surface area contributed by atoms with Gasteiger partial charge in [-0.15, -0.1) is 10.2 Å². The van der Waals surface area contributed by atoms with Crippen LogP contribution in [0.2, 0.25) is 0 Å². The first-order chi connectivity index (χ1) is 8.70. The van der Waals surface area contributed by atoms with Crippen LogP contribution >= 0.6 is 27.7 Å². The van der Waals surface area contributed by atoms with Crippen LogP contribution in [0.1, 0.15) is 6.92 Å². The van der Waals surface area contributed by atoms with Crippen LogP contribution in [0.5, 0.6) is 0 Å². The lowest BCUT2D eigenvalue weighted by Gasteiger charge is -1.98. The Kier molecular flexibility index (Phi) is 2.99. The minimum Gasteiger partial charge on any atom is -0.327 e. The summed E-state index contributed by atoms with van der Waals surface area (Å²) in [6.07, 6.45) is 0. The van der Waals surface area contributed by atoms with Gasteiger partial charge >= 0.3 is 0 Å². The van der Waals surface area contributed by atoms with Gasteiger partial charge in [0.25, 0.3) is 0 Å². The number of thioether (sulfide) groups is 1. The van der Waals surface area contributed by atoms with E-state index in [0.29, 0.717) is 0 Å². The third-order valence-electron chi connectivity index (χ3n) is 2.82. The second-order valence-electron chi connectivity index (χ2n) is 3.92. The molecule has 0 saturated carbocycles. The third kappa shape index (κ3) is 1.80. The van der Waals surface area contributed by atoms with E-state index >= 15 is 0 Å². The standard InChI is InChI=1S/C12H11BrN4S/c1-3-18-12-14-11-10(15-16-12)8-6-7(13)4-5-9(8)17(11)2/h4-6H,3H2,1-2H3. The second kappa shape index (κ2) is 4.51. The molecule has 0 amide bonds. The van der Waals surface area contributed by atoms with Crippen molar-refractivity contribution < 1.29 is 0 Å². The number of nitrogens with zero attached hydrogens (tertiary/aromatic N) is 4. The highest BCUT2D eigenvalue weighted by molar-refractivity contribution is 9.10. The lowest BCUT2D eigenvalue weighted by molar-refractivity contribution is 0.855. The number of aromatic nitrogens is 4. The maximum absolute atomic E-state index is 4.57. The van der Waals surface area contributed by atoms with Gasteiger partial charge in [0, 0.05) is 16.9 Å². The van der Waals surface area contributed by atoms with E-state index in [4.69, 9.17) is 0 Å². The van der Waals surface area contributed by atoms with E-state index < -0.39 is 0 Å². The smallest absolute Gasteiger partial charge is 0.211 e. The fourth-order valence-electron chi connectivity index (χ4n) is 2.01. The van der Waals surface area contributed by atoms with Gasteiger partial charge in [-0.05, 0) is 24.0 Å². The molecule has 0 saturated heterocycles. The van der Waals surface area contributed by atoms with Crippen LogP contribution in [0.15, 0.2) is 27.8 Å². The minimum atomic E-state index is 0.731. The van der Waals surface area contributed by atoms with Crippen molar-refractivity contribution in [3.8, 4) is 0 Å². The fraction of sp³-hybridized carbons (Fsp3) is 0.250. The predicted molar refractivity (Wildman–Crippen MR) is 77.9 cm³/mol. The molecular formula is C12H11BrN4S. The Morgan fingerprint density at radius 2 is 2.17 bits per heavy atom. The Bertz CT molecular complexity index is 738. The zero-order valence-electron chi connectivity index (χ0n) is 10.0. The fourth-order valence-corrected chi connectivity index (χ4v) is 2.88. The van der Waals surface area contributed by atoms with Crippen molar-refractivity contribution in [2.45, 2.75) is 12.1 Å². The minimum absolute atomic E-state index is 0.731. The average Bonchev–Trinajstić information content (AvgIpc) is 2.63. The lowest BCUT2D eigenvalue weighted by atomic mass is 10.2. The maximum atomic E-state index is 4.57. The predicted octanol–water partition coefficient (Wildman–Crippen LogP) is 3.39. The molecule has 0 aliphatic rings. The van der Waals surface area contributed by atoms with Crippen molar-refractivity contribution in [2.75, 3.05) is 5.75 Å². The highest BCUT2D eigenvalue weighted by Gasteiger charge is 2.12. The molecule has 0 spiro atoms. The number of hydrogen-bond acceptors (Lipinski definition) is 4. The van der Waals surface area contributed by atoms with E-state index in [-0.39, 0.29) is 0 Å². The number of rotatable bonds is 2. The van der Waals surface area contributed by atoms with Crippen LogP contribution in [0.25, 0.3) is 22.1 Å². The molecular weight excluding hydrogens is 312 g/mol. The molecule has 0 atom stereocenters. The third-order valence-corrected chi connectivity index (χ3v) is 4.03. The molecule has 18 heavy (non-hydrogen) atoms. The van der Waals surface area contributed by atoms with Gasteiger partial charge in [0.05, 0.1) is 5.52 Å². The first-order valence-corrected chi connectivity index (χ1v) is 7.39. The molecule has 3 aromatic rings. The van der Waals surface area contributed by atoms with Gasteiger partial charge in [-0.25, -0.2) is 4.98 Å². The molecule has 3 rings (SSSR count). The Balaban J connectivity index is 2.36. The number of aryl methyl sites for hydroxylation is 1. The molecule has 0 aliphatic carbocycles. The van der Waals surface area contributed by atoms with Crippen molar-refractivity contribution in [3.05, 3.63) is 22.7 Å². The highest BCUT2D eigenvalue weighted by Crippen LogP contribution is 2.28. The van der Waals surface area contributed by atoms with Gasteiger partial charge in [0.2, 0.25) is 5.16 Å². The summed E-state index contributed by atoms with van der Waals surface area (Å²) in [6, 6.07) is 6.15. The molecule has 4 nitrogen and oxygen atoms in total. The Labute approximate surface area is 117 Å².